The number of rotatable bonds is 5. The molecule has 7 heteroatoms. The first-order chi connectivity index (χ1) is 13.5. The zero-order valence-electron chi connectivity index (χ0n) is 16.2. The van der Waals surface area contributed by atoms with Gasteiger partial charge in [0.1, 0.15) is 18.1 Å². The highest BCUT2D eigenvalue weighted by Gasteiger charge is 2.27. The Morgan fingerprint density at radius 3 is 2.71 bits per heavy atom. The molecule has 1 aliphatic carbocycles. The molecule has 0 radical (unpaired) electrons. The van der Waals surface area contributed by atoms with Crippen molar-refractivity contribution in [3.8, 4) is 5.75 Å². The van der Waals surface area contributed by atoms with Crippen LogP contribution in [0.15, 0.2) is 46.9 Å². The highest BCUT2D eigenvalue weighted by atomic mass is 32.1. The Balaban J connectivity index is 1.43. The minimum atomic E-state index is -0.389. The number of ether oxygens (including phenoxy) is 1. The SMILES string of the molecule is C[C@@H]1[C@@H](C)CCC[C@H]1NC(=S)NNC(=O)c1ccc(COc2ccccc2)o1. The summed E-state index contributed by atoms with van der Waals surface area (Å²) >= 11 is 5.31. The average molecular weight is 402 g/mol. The van der Waals surface area contributed by atoms with Crippen molar-refractivity contribution in [2.24, 2.45) is 11.8 Å². The number of hydrazine groups is 1. The van der Waals surface area contributed by atoms with Gasteiger partial charge in [0, 0.05) is 6.04 Å². The second-order valence-electron chi connectivity index (χ2n) is 7.29. The Labute approximate surface area is 171 Å². The van der Waals surface area contributed by atoms with E-state index in [4.69, 9.17) is 21.4 Å². The third-order valence-corrected chi connectivity index (χ3v) is 5.54. The molecule has 150 valence electrons. The van der Waals surface area contributed by atoms with Crippen LogP contribution in [0.25, 0.3) is 0 Å². The summed E-state index contributed by atoms with van der Waals surface area (Å²) in [5.41, 5.74) is 5.33. The molecule has 0 saturated heterocycles. The third-order valence-electron chi connectivity index (χ3n) is 5.32. The summed E-state index contributed by atoms with van der Waals surface area (Å²) < 4.78 is 11.2. The predicted molar refractivity (Wildman–Crippen MR) is 112 cm³/mol. The predicted octanol–water partition coefficient (Wildman–Crippen LogP) is 3.79. The maximum atomic E-state index is 12.2. The van der Waals surface area contributed by atoms with Crippen LogP contribution in [0.1, 0.15) is 49.4 Å². The summed E-state index contributed by atoms with van der Waals surface area (Å²) in [6.07, 6.45) is 3.54. The minimum absolute atomic E-state index is 0.196. The van der Waals surface area contributed by atoms with Crippen LogP contribution >= 0.6 is 12.2 Å². The lowest BCUT2D eigenvalue weighted by Gasteiger charge is -2.35. The van der Waals surface area contributed by atoms with Gasteiger partial charge in [-0.25, -0.2) is 0 Å². The lowest BCUT2D eigenvalue weighted by molar-refractivity contribution is 0.0911. The van der Waals surface area contributed by atoms with E-state index in [1.54, 1.807) is 12.1 Å². The molecule has 0 unspecified atom stereocenters. The molecule has 1 aromatic carbocycles. The molecule has 1 amide bonds. The van der Waals surface area contributed by atoms with Gasteiger partial charge in [0.15, 0.2) is 10.9 Å². The molecule has 1 saturated carbocycles. The highest BCUT2D eigenvalue weighted by Crippen LogP contribution is 2.29. The summed E-state index contributed by atoms with van der Waals surface area (Å²) in [5, 5.41) is 3.72. The summed E-state index contributed by atoms with van der Waals surface area (Å²) in [6.45, 7) is 4.76. The number of amides is 1. The van der Waals surface area contributed by atoms with Gasteiger partial charge in [0.05, 0.1) is 0 Å². The van der Waals surface area contributed by atoms with Crippen molar-refractivity contribution in [3.63, 3.8) is 0 Å². The molecule has 0 bridgehead atoms. The van der Waals surface area contributed by atoms with E-state index < -0.39 is 0 Å². The van der Waals surface area contributed by atoms with E-state index in [0.29, 0.717) is 28.8 Å². The second-order valence-corrected chi connectivity index (χ2v) is 7.70. The largest absolute Gasteiger partial charge is 0.486 e. The van der Waals surface area contributed by atoms with Gasteiger partial charge in [-0.15, -0.1) is 0 Å². The van der Waals surface area contributed by atoms with Crippen LogP contribution in [0, 0.1) is 11.8 Å². The number of thiocarbonyl (C=S) groups is 1. The number of carbonyl (C=O) groups is 1. The van der Waals surface area contributed by atoms with Crippen molar-refractivity contribution in [3.05, 3.63) is 54.0 Å². The Morgan fingerprint density at radius 1 is 1.14 bits per heavy atom. The number of hydrogen-bond acceptors (Lipinski definition) is 4. The van der Waals surface area contributed by atoms with E-state index in [-0.39, 0.29) is 18.3 Å². The molecule has 6 nitrogen and oxygen atoms in total. The standard InChI is InChI=1S/C21H27N3O3S/c1-14-7-6-10-18(15(14)2)22-21(28)24-23-20(25)19-12-11-17(27-19)13-26-16-8-4-3-5-9-16/h3-5,8-9,11-12,14-15,18H,6-7,10,13H2,1-2H3,(H,23,25)(H2,22,24,28)/t14-,15+,18+/m0/s1. The van der Waals surface area contributed by atoms with Crippen LogP contribution in [0.5, 0.6) is 5.75 Å². The molecule has 1 aliphatic rings. The van der Waals surface area contributed by atoms with Crippen molar-refractivity contribution in [2.45, 2.75) is 45.8 Å². The van der Waals surface area contributed by atoms with Gasteiger partial charge in [-0.2, -0.15) is 0 Å². The lowest BCUT2D eigenvalue weighted by atomic mass is 9.78. The van der Waals surface area contributed by atoms with E-state index in [1.807, 2.05) is 30.3 Å². The highest BCUT2D eigenvalue weighted by molar-refractivity contribution is 7.80. The monoisotopic (exact) mass is 401 g/mol. The molecule has 1 heterocycles. The third kappa shape index (κ3) is 5.48. The Hall–Kier alpha value is -2.54. The molecule has 0 spiro atoms. The number of nitrogens with one attached hydrogen (secondary N) is 3. The minimum Gasteiger partial charge on any atom is -0.486 e. The number of furan rings is 1. The quantitative estimate of drug-likeness (QED) is 0.523. The van der Waals surface area contributed by atoms with Crippen molar-refractivity contribution in [2.75, 3.05) is 0 Å². The second kappa shape index (κ2) is 9.59. The normalized spacial score (nSPS) is 21.6. The fraction of sp³-hybridized carbons (Fsp3) is 0.429. The van der Waals surface area contributed by atoms with Gasteiger partial charge < -0.3 is 14.5 Å². The van der Waals surface area contributed by atoms with Crippen molar-refractivity contribution in [1.29, 1.82) is 0 Å². The lowest BCUT2D eigenvalue weighted by Crippen LogP contribution is -2.52. The smallest absolute Gasteiger partial charge is 0.305 e. The van der Waals surface area contributed by atoms with Crippen LogP contribution in [0.2, 0.25) is 0 Å². The summed E-state index contributed by atoms with van der Waals surface area (Å²) in [6, 6.07) is 13.1. The Morgan fingerprint density at radius 2 is 1.93 bits per heavy atom. The number of carbonyl (C=O) groups excluding carboxylic acids is 1. The van der Waals surface area contributed by atoms with Crippen LogP contribution in [0.4, 0.5) is 0 Å². The van der Waals surface area contributed by atoms with E-state index >= 15 is 0 Å². The van der Waals surface area contributed by atoms with Gasteiger partial charge in [-0.05, 0) is 54.7 Å². The molecule has 2 aromatic rings. The van der Waals surface area contributed by atoms with E-state index in [1.165, 1.54) is 12.8 Å². The molecule has 0 aliphatic heterocycles. The molecule has 3 atom stereocenters. The van der Waals surface area contributed by atoms with Gasteiger partial charge in [-0.3, -0.25) is 15.6 Å². The molecule has 3 rings (SSSR count). The first-order valence-electron chi connectivity index (χ1n) is 9.66. The zero-order valence-corrected chi connectivity index (χ0v) is 17.1. The van der Waals surface area contributed by atoms with Crippen LogP contribution in [0.3, 0.4) is 0 Å². The van der Waals surface area contributed by atoms with Crippen molar-refractivity contribution in [1.82, 2.24) is 16.2 Å². The molecular weight excluding hydrogens is 374 g/mol. The fourth-order valence-electron chi connectivity index (χ4n) is 3.41. The van der Waals surface area contributed by atoms with Gasteiger partial charge in [0.2, 0.25) is 0 Å². The fourth-order valence-corrected chi connectivity index (χ4v) is 3.62. The molecule has 3 N–H and O–H groups in total. The first-order valence-corrected chi connectivity index (χ1v) is 10.1. The summed E-state index contributed by atoms with van der Waals surface area (Å²) in [4.78, 5) is 12.2. The number of hydrogen-bond donors (Lipinski definition) is 3. The van der Waals surface area contributed by atoms with Crippen molar-refractivity contribution < 1.29 is 13.9 Å². The van der Waals surface area contributed by atoms with Gasteiger partial charge in [0.25, 0.3) is 0 Å². The van der Waals surface area contributed by atoms with Crippen molar-refractivity contribution >= 4 is 23.2 Å². The van der Waals surface area contributed by atoms with Gasteiger partial charge >= 0.3 is 5.91 Å². The number of para-hydroxylation sites is 1. The molecule has 1 aromatic heterocycles. The topological polar surface area (TPSA) is 75.5 Å². The van der Waals surface area contributed by atoms with E-state index in [2.05, 4.69) is 30.0 Å². The summed E-state index contributed by atoms with van der Waals surface area (Å²) in [5.74, 6) is 2.33. The maximum absolute atomic E-state index is 12.2. The summed E-state index contributed by atoms with van der Waals surface area (Å²) in [7, 11) is 0. The Bertz CT molecular complexity index is 793. The molecule has 1 fully saturated rings. The van der Waals surface area contributed by atoms with Gasteiger partial charge in [-0.1, -0.05) is 44.9 Å². The van der Waals surface area contributed by atoms with Crippen LogP contribution in [-0.4, -0.2) is 17.1 Å². The number of benzene rings is 1. The zero-order chi connectivity index (χ0) is 19.9. The first kappa shape index (κ1) is 20.2. The average Bonchev–Trinajstić information content (AvgIpc) is 3.18. The maximum Gasteiger partial charge on any atom is 0.305 e. The van der Waals surface area contributed by atoms with Crippen LogP contribution in [-0.2, 0) is 6.61 Å². The van der Waals surface area contributed by atoms with Crippen LogP contribution < -0.4 is 20.9 Å². The Kier molecular flexibility index (Phi) is 6.92. The molecular formula is C21H27N3O3S. The van der Waals surface area contributed by atoms with E-state index in [0.717, 1.165) is 12.2 Å². The van der Waals surface area contributed by atoms with E-state index in [9.17, 15) is 4.79 Å². The molecule has 28 heavy (non-hydrogen) atoms.